The molecule has 1 aromatic heterocycles. The molecular formula is C21H18F2N2O4. The molecule has 150 valence electrons. The first kappa shape index (κ1) is 20.2. The number of aliphatic hydroxyl groups is 1. The molecule has 0 spiro atoms. The lowest BCUT2D eigenvalue weighted by molar-refractivity contribution is 0.0948. The normalized spacial score (nSPS) is 10.6. The summed E-state index contributed by atoms with van der Waals surface area (Å²) in [4.78, 5) is 27.8. The van der Waals surface area contributed by atoms with Crippen molar-refractivity contribution >= 4 is 5.91 Å². The van der Waals surface area contributed by atoms with Crippen LogP contribution in [0.3, 0.4) is 0 Å². The number of pyridine rings is 1. The van der Waals surface area contributed by atoms with Crippen LogP contribution >= 0.6 is 0 Å². The summed E-state index contributed by atoms with van der Waals surface area (Å²) < 4.78 is 32.2. The molecule has 0 unspecified atom stereocenters. The van der Waals surface area contributed by atoms with Crippen molar-refractivity contribution in [2.45, 2.75) is 19.8 Å². The lowest BCUT2D eigenvalue weighted by atomic mass is 10.1. The van der Waals surface area contributed by atoms with Gasteiger partial charge in [-0.2, -0.15) is 0 Å². The first-order chi connectivity index (χ1) is 14.0. The zero-order valence-corrected chi connectivity index (χ0v) is 15.2. The van der Waals surface area contributed by atoms with Gasteiger partial charge in [0.05, 0.1) is 12.3 Å². The van der Waals surface area contributed by atoms with E-state index in [4.69, 9.17) is 4.74 Å². The largest absolute Gasteiger partial charge is 0.483 e. The number of benzene rings is 2. The van der Waals surface area contributed by atoms with Gasteiger partial charge in [0, 0.05) is 24.4 Å². The number of amides is 1. The maximum absolute atomic E-state index is 13.7. The standard InChI is InChI=1S/C21H18F2N2O4/c22-15-7-6-14(17(23)8-15)9-25-21(28)16-10-24-18(11-26)20(19(16)27)29-12-13-4-2-1-3-5-13/h1-8,10,26H,9,11-12H2,(H,24,27)(H,25,28). The van der Waals surface area contributed by atoms with Crippen molar-refractivity contribution in [1.29, 1.82) is 0 Å². The number of nitrogens with one attached hydrogen (secondary N) is 2. The Balaban J connectivity index is 1.78. The molecule has 0 aliphatic rings. The van der Waals surface area contributed by atoms with E-state index in [0.29, 0.717) is 6.07 Å². The molecule has 1 heterocycles. The van der Waals surface area contributed by atoms with Gasteiger partial charge in [-0.05, 0) is 11.6 Å². The van der Waals surface area contributed by atoms with Crippen LogP contribution in [0.1, 0.15) is 27.2 Å². The molecule has 3 rings (SSSR count). The second-order valence-corrected chi connectivity index (χ2v) is 6.19. The van der Waals surface area contributed by atoms with Crippen LogP contribution < -0.4 is 15.5 Å². The van der Waals surface area contributed by atoms with Crippen molar-refractivity contribution in [2.24, 2.45) is 0 Å². The number of aromatic amines is 1. The maximum atomic E-state index is 13.7. The Labute approximate surface area is 164 Å². The average molecular weight is 400 g/mol. The number of halogens is 2. The SMILES string of the molecule is O=C(NCc1ccc(F)cc1F)c1c[nH]c(CO)c(OCc2ccccc2)c1=O. The van der Waals surface area contributed by atoms with Crippen molar-refractivity contribution < 1.29 is 23.4 Å². The summed E-state index contributed by atoms with van der Waals surface area (Å²) in [5.41, 5.74) is 0.0433. The van der Waals surface area contributed by atoms with E-state index in [1.807, 2.05) is 18.2 Å². The number of hydrogen-bond acceptors (Lipinski definition) is 4. The number of H-pyrrole nitrogens is 1. The fraction of sp³-hybridized carbons (Fsp3) is 0.143. The number of ether oxygens (including phenoxy) is 1. The van der Waals surface area contributed by atoms with E-state index in [2.05, 4.69) is 10.3 Å². The third-order valence-corrected chi connectivity index (χ3v) is 4.20. The summed E-state index contributed by atoms with van der Waals surface area (Å²) in [6, 6.07) is 12.1. The molecule has 0 radical (unpaired) electrons. The number of carbonyl (C=O) groups excluding carboxylic acids is 1. The summed E-state index contributed by atoms with van der Waals surface area (Å²) >= 11 is 0. The first-order valence-corrected chi connectivity index (χ1v) is 8.74. The Hall–Kier alpha value is -3.52. The minimum atomic E-state index is -0.804. The third-order valence-electron chi connectivity index (χ3n) is 4.20. The van der Waals surface area contributed by atoms with Gasteiger partial charge in [0.15, 0.2) is 5.75 Å². The van der Waals surface area contributed by atoms with Crippen molar-refractivity contribution in [3.8, 4) is 5.75 Å². The van der Waals surface area contributed by atoms with E-state index < -0.39 is 29.6 Å². The lowest BCUT2D eigenvalue weighted by Crippen LogP contribution is -2.30. The van der Waals surface area contributed by atoms with Crippen molar-refractivity contribution in [2.75, 3.05) is 0 Å². The van der Waals surface area contributed by atoms with Crippen molar-refractivity contribution in [1.82, 2.24) is 10.3 Å². The third kappa shape index (κ3) is 4.85. The monoisotopic (exact) mass is 400 g/mol. The molecule has 1 amide bonds. The predicted octanol–water partition coefficient (Wildman–Crippen LogP) is 2.65. The molecule has 3 N–H and O–H groups in total. The number of rotatable bonds is 7. The number of aliphatic hydroxyl groups excluding tert-OH is 1. The molecule has 0 saturated heterocycles. The predicted molar refractivity (Wildman–Crippen MR) is 101 cm³/mol. The zero-order chi connectivity index (χ0) is 20.8. The number of aromatic nitrogens is 1. The van der Waals surface area contributed by atoms with Gasteiger partial charge in [-0.1, -0.05) is 36.4 Å². The van der Waals surface area contributed by atoms with Crippen molar-refractivity contribution in [3.63, 3.8) is 0 Å². The molecule has 0 bridgehead atoms. The van der Waals surface area contributed by atoms with Gasteiger partial charge >= 0.3 is 0 Å². The zero-order valence-electron chi connectivity index (χ0n) is 15.2. The summed E-state index contributed by atoms with van der Waals surface area (Å²) in [6.45, 7) is -0.642. The molecule has 29 heavy (non-hydrogen) atoms. The summed E-state index contributed by atoms with van der Waals surface area (Å²) in [5, 5.41) is 11.9. The maximum Gasteiger partial charge on any atom is 0.257 e. The average Bonchev–Trinajstić information content (AvgIpc) is 2.72. The fourth-order valence-corrected chi connectivity index (χ4v) is 2.65. The van der Waals surface area contributed by atoms with E-state index in [1.165, 1.54) is 6.07 Å². The minimum absolute atomic E-state index is 0.0722. The number of carbonyl (C=O) groups is 1. The van der Waals surface area contributed by atoms with Gasteiger partial charge in [0.1, 0.15) is 23.8 Å². The second kappa shape index (κ2) is 9.11. The summed E-state index contributed by atoms with van der Waals surface area (Å²) in [6.07, 6.45) is 1.15. The van der Waals surface area contributed by atoms with Crippen LogP contribution in [0.2, 0.25) is 0 Å². The fourth-order valence-electron chi connectivity index (χ4n) is 2.65. The van der Waals surface area contributed by atoms with E-state index in [9.17, 15) is 23.5 Å². The molecule has 0 atom stereocenters. The highest BCUT2D eigenvalue weighted by molar-refractivity contribution is 5.94. The molecular weight excluding hydrogens is 382 g/mol. The molecule has 3 aromatic rings. The van der Waals surface area contributed by atoms with E-state index >= 15 is 0 Å². The van der Waals surface area contributed by atoms with Crippen LogP contribution in [-0.4, -0.2) is 16.0 Å². The quantitative estimate of drug-likeness (QED) is 0.569. The van der Waals surface area contributed by atoms with Crippen molar-refractivity contribution in [3.05, 3.63) is 99.0 Å². The molecule has 8 heteroatoms. The van der Waals surface area contributed by atoms with Gasteiger partial charge in [0.25, 0.3) is 5.91 Å². The first-order valence-electron chi connectivity index (χ1n) is 8.74. The second-order valence-electron chi connectivity index (χ2n) is 6.19. The summed E-state index contributed by atoms with van der Waals surface area (Å²) in [5.74, 6) is -2.46. The van der Waals surface area contributed by atoms with Gasteiger partial charge < -0.3 is 20.1 Å². The Morgan fingerprint density at radius 1 is 1.14 bits per heavy atom. The summed E-state index contributed by atoms with van der Waals surface area (Å²) in [7, 11) is 0. The van der Waals surface area contributed by atoms with Crippen LogP contribution in [0.5, 0.6) is 5.75 Å². The Morgan fingerprint density at radius 2 is 1.90 bits per heavy atom. The highest BCUT2D eigenvalue weighted by Crippen LogP contribution is 2.15. The van der Waals surface area contributed by atoms with Gasteiger partial charge in [-0.3, -0.25) is 9.59 Å². The van der Waals surface area contributed by atoms with Gasteiger partial charge in [0.2, 0.25) is 5.43 Å². The van der Waals surface area contributed by atoms with Crippen LogP contribution in [0.4, 0.5) is 8.78 Å². The van der Waals surface area contributed by atoms with E-state index in [1.54, 1.807) is 12.1 Å². The van der Waals surface area contributed by atoms with Crippen LogP contribution in [0.15, 0.2) is 59.5 Å². The van der Waals surface area contributed by atoms with Crippen LogP contribution in [0, 0.1) is 11.6 Å². The molecule has 2 aromatic carbocycles. The Kier molecular flexibility index (Phi) is 6.36. The molecule has 6 nitrogen and oxygen atoms in total. The highest BCUT2D eigenvalue weighted by atomic mass is 19.1. The van der Waals surface area contributed by atoms with Crippen LogP contribution in [0.25, 0.3) is 0 Å². The van der Waals surface area contributed by atoms with Crippen LogP contribution in [-0.2, 0) is 19.8 Å². The highest BCUT2D eigenvalue weighted by Gasteiger charge is 2.18. The van der Waals surface area contributed by atoms with Gasteiger partial charge in [-0.15, -0.1) is 0 Å². The molecule has 0 aliphatic heterocycles. The van der Waals surface area contributed by atoms with E-state index in [-0.39, 0.29) is 35.7 Å². The minimum Gasteiger partial charge on any atom is -0.483 e. The Bertz CT molecular complexity index is 1070. The number of hydrogen-bond donors (Lipinski definition) is 3. The Morgan fingerprint density at radius 3 is 2.59 bits per heavy atom. The molecule has 0 fully saturated rings. The molecule has 0 aliphatic carbocycles. The lowest BCUT2D eigenvalue weighted by Gasteiger charge is -2.12. The van der Waals surface area contributed by atoms with Gasteiger partial charge in [-0.25, -0.2) is 8.78 Å². The topological polar surface area (TPSA) is 91.4 Å². The smallest absolute Gasteiger partial charge is 0.257 e. The molecule has 0 saturated carbocycles. The van der Waals surface area contributed by atoms with E-state index in [0.717, 1.165) is 17.8 Å².